The van der Waals surface area contributed by atoms with Gasteiger partial charge in [-0.1, -0.05) is 18.2 Å². The fourth-order valence-electron chi connectivity index (χ4n) is 2.66. The van der Waals surface area contributed by atoms with Crippen molar-refractivity contribution in [3.63, 3.8) is 0 Å². The molecule has 1 amide bonds. The average molecular weight is 307 g/mol. The molecular formula is C18H17N3O2. The number of nitrogens with one attached hydrogen (secondary N) is 1. The predicted molar refractivity (Wildman–Crippen MR) is 88.5 cm³/mol. The third kappa shape index (κ3) is 2.65. The molecule has 1 aliphatic rings. The number of hydrogen-bond donors (Lipinski definition) is 1. The topological polar surface area (TPSA) is 55.6 Å². The molecule has 4 rings (SSSR count). The van der Waals surface area contributed by atoms with Crippen molar-refractivity contribution in [3.05, 3.63) is 48.7 Å². The predicted octanol–water partition coefficient (Wildman–Crippen LogP) is 3.36. The number of ether oxygens (including phenoxy) is 1. The molecule has 0 unspecified atom stereocenters. The fraction of sp³-hybridized carbons (Fsp3) is 0.222. The van der Waals surface area contributed by atoms with E-state index in [-0.39, 0.29) is 11.8 Å². The molecule has 5 nitrogen and oxygen atoms in total. The van der Waals surface area contributed by atoms with E-state index in [4.69, 9.17) is 4.74 Å². The zero-order valence-electron chi connectivity index (χ0n) is 12.8. The van der Waals surface area contributed by atoms with Gasteiger partial charge in [0, 0.05) is 23.7 Å². The van der Waals surface area contributed by atoms with Gasteiger partial charge in [-0.05, 0) is 36.6 Å². The first-order chi connectivity index (χ1) is 11.2. The molecule has 5 heteroatoms. The number of rotatable bonds is 4. The zero-order chi connectivity index (χ0) is 15.8. The van der Waals surface area contributed by atoms with Crippen LogP contribution in [0.3, 0.4) is 0 Å². The number of nitrogens with zero attached hydrogens (tertiary/aromatic N) is 2. The van der Waals surface area contributed by atoms with E-state index in [2.05, 4.69) is 10.4 Å². The number of hydrogen-bond acceptors (Lipinski definition) is 3. The van der Waals surface area contributed by atoms with E-state index in [0.29, 0.717) is 5.82 Å². The van der Waals surface area contributed by atoms with Crippen molar-refractivity contribution in [2.45, 2.75) is 12.8 Å². The minimum absolute atomic E-state index is 0.0689. The second-order valence-corrected chi connectivity index (χ2v) is 5.77. The summed E-state index contributed by atoms with van der Waals surface area (Å²) in [5.41, 5.74) is 3.11. The minimum atomic E-state index is 0.0689. The molecule has 1 fully saturated rings. The summed E-state index contributed by atoms with van der Waals surface area (Å²) in [6, 6.07) is 13.8. The molecule has 0 spiro atoms. The van der Waals surface area contributed by atoms with Crippen molar-refractivity contribution in [2.24, 2.45) is 5.92 Å². The van der Waals surface area contributed by atoms with Crippen LogP contribution in [0.4, 0.5) is 5.82 Å². The zero-order valence-corrected chi connectivity index (χ0v) is 12.8. The molecule has 116 valence electrons. The average Bonchev–Trinajstić information content (AvgIpc) is 3.35. The van der Waals surface area contributed by atoms with E-state index >= 15 is 0 Å². The summed E-state index contributed by atoms with van der Waals surface area (Å²) < 4.78 is 7.00. The molecule has 1 saturated carbocycles. The lowest BCUT2D eigenvalue weighted by Gasteiger charge is -2.05. The van der Waals surface area contributed by atoms with Gasteiger partial charge in [0.05, 0.1) is 12.6 Å². The number of benzene rings is 1. The van der Waals surface area contributed by atoms with Gasteiger partial charge in [0.1, 0.15) is 5.75 Å². The van der Waals surface area contributed by atoms with E-state index in [0.717, 1.165) is 35.2 Å². The number of pyridine rings is 1. The van der Waals surface area contributed by atoms with Crippen LogP contribution < -0.4 is 10.1 Å². The van der Waals surface area contributed by atoms with Crippen LogP contribution >= 0.6 is 0 Å². The van der Waals surface area contributed by atoms with Gasteiger partial charge in [0.25, 0.3) is 0 Å². The third-order valence-corrected chi connectivity index (χ3v) is 4.10. The van der Waals surface area contributed by atoms with Crippen LogP contribution in [0.1, 0.15) is 12.8 Å². The van der Waals surface area contributed by atoms with Crippen molar-refractivity contribution >= 4 is 17.2 Å². The maximum atomic E-state index is 11.9. The van der Waals surface area contributed by atoms with Crippen molar-refractivity contribution in [3.8, 4) is 16.9 Å². The largest absolute Gasteiger partial charge is 0.497 e. The molecule has 2 aromatic heterocycles. The Kier molecular flexibility index (Phi) is 3.26. The number of anilines is 1. The maximum Gasteiger partial charge on any atom is 0.228 e. The second-order valence-electron chi connectivity index (χ2n) is 5.77. The molecule has 2 heterocycles. The maximum absolute atomic E-state index is 11.9. The smallest absolute Gasteiger partial charge is 0.228 e. The van der Waals surface area contributed by atoms with E-state index in [9.17, 15) is 4.79 Å². The molecule has 0 radical (unpaired) electrons. The molecule has 0 saturated heterocycles. The van der Waals surface area contributed by atoms with Crippen LogP contribution in [0, 0.1) is 5.92 Å². The molecule has 3 aromatic rings. The first-order valence-corrected chi connectivity index (χ1v) is 7.68. The van der Waals surface area contributed by atoms with Crippen molar-refractivity contribution in [1.82, 2.24) is 9.61 Å². The monoisotopic (exact) mass is 307 g/mol. The van der Waals surface area contributed by atoms with Gasteiger partial charge in [-0.3, -0.25) is 4.79 Å². The van der Waals surface area contributed by atoms with E-state index in [1.54, 1.807) is 11.6 Å². The molecule has 0 aliphatic heterocycles. The summed E-state index contributed by atoms with van der Waals surface area (Å²) in [7, 11) is 1.65. The second kappa shape index (κ2) is 5.43. The Hall–Kier alpha value is -2.82. The van der Waals surface area contributed by atoms with Crippen molar-refractivity contribution in [1.29, 1.82) is 0 Å². The summed E-state index contributed by atoms with van der Waals surface area (Å²) in [4.78, 5) is 11.9. The van der Waals surface area contributed by atoms with Crippen molar-refractivity contribution < 1.29 is 9.53 Å². The van der Waals surface area contributed by atoms with Crippen LogP contribution in [-0.2, 0) is 4.79 Å². The summed E-state index contributed by atoms with van der Waals surface area (Å²) in [5, 5.41) is 7.34. The van der Waals surface area contributed by atoms with Crippen LogP contribution in [0.2, 0.25) is 0 Å². The Morgan fingerprint density at radius 1 is 1.26 bits per heavy atom. The molecule has 23 heavy (non-hydrogen) atoms. The number of amides is 1. The third-order valence-electron chi connectivity index (χ3n) is 4.10. The van der Waals surface area contributed by atoms with Gasteiger partial charge in [-0.2, -0.15) is 5.10 Å². The van der Waals surface area contributed by atoms with Gasteiger partial charge < -0.3 is 10.1 Å². The lowest BCUT2D eigenvalue weighted by molar-refractivity contribution is -0.117. The Bertz CT molecular complexity index is 864. The first kappa shape index (κ1) is 13.8. The molecule has 0 bridgehead atoms. The first-order valence-electron chi connectivity index (χ1n) is 7.68. The van der Waals surface area contributed by atoms with Crippen molar-refractivity contribution in [2.75, 3.05) is 12.4 Å². The van der Waals surface area contributed by atoms with Crippen LogP contribution in [0.15, 0.2) is 48.7 Å². The van der Waals surface area contributed by atoms with Crippen LogP contribution in [0.25, 0.3) is 16.6 Å². The SMILES string of the molecule is COc1ccc(-c2cccn3nc(NC(=O)C4CC4)cc23)cc1. The summed E-state index contributed by atoms with van der Waals surface area (Å²) in [6.07, 6.45) is 3.85. The van der Waals surface area contributed by atoms with E-state index in [1.165, 1.54) is 0 Å². The Morgan fingerprint density at radius 2 is 2.04 bits per heavy atom. The summed E-state index contributed by atoms with van der Waals surface area (Å²) >= 11 is 0. The Balaban J connectivity index is 1.71. The highest BCUT2D eigenvalue weighted by Crippen LogP contribution is 2.31. The number of aromatic nitrogens is 2. The minimum Gasteiger partial charge on any atom is -0.497 e. The van der Waals surface area contributed by atoms with Crippen LogP contribution in [-0.4, -0.2) is 22.6 Å². The van der Waals surface area contributed by atoms with Crippen LogP contribution in [0.5, 0.6) is 5.75 Å². The lowest BCUT2D eigenvalue weighted by atomic mass is 10.1. The number of fused-ring (bicyclic) bond motifs is 1. The standard InChI is InChI=1S/C18H17N3O2/c1-23-14-8-6-12(7-9-14)15-3-2-10-21-16(15)11-17(20-21)19-18(22)13-4-5-13/h2-3,6-11,13H,4-5H2,1H3,(H,19,20,22). The highest BCUT2D eigenvalue weighted by atomic mass is 16.5. The quantitative estimate of drug-likeness (QED) is 0.804. The molecule has 1 aromatic carbocycles. The van der Waals surface area contributed by atoms with Gasteiger partial charge >= 0.3 is 0 Å². The highest BCUT2D eigenvalue weighted by Gasteiger charge is 2.30. The molecule has 0 atom stereocenters. The highest BCUT2D eigenvalue weighted by molar-refractivity contribution is 5.94. The number of carbonyl (C=O) groups is 1. The normalized spacial score (nSPS) is 14.0. The Labute approximate surface area is 133 Å². The van der Waals surface area contributed by atoms with Gasteiger partial charge in [-0.15, -0.1) is 0 Å². The van der Waals surface area contributed by atoms with Gasteiger partial charge in [-0.25, -0.2) is 4.52 Å². The van der Waals surface area contributed by atoms with Gasteiger partial charge in [0.2, 0.25) is 5.91 Å². The van der Waals surface area contributed by atoms with E-state index in [1.807, 2.05) is 48.7 Å². The van der Waals surface area contributed by atoms with E-state index < -0.39 is 0 Å². The lowest BCUT2D eigenvalue weighted by Crippen LogP contribution is -2.13. The summed E-state index contributed by atoms with van der Waals surface area (Å²) in [5.74, 6) is 1.66. The molecule has 1 N–H and O–H groups in total. The molecule has 1 aliphatic carbocycles. The number of methoxy groups -OCH3 is 1. The van der Waals surface area contributed by atoms with Gasteiger partial charge in [0.15, 0.2) is 5.82 Å². The Morgan fingerprint density at radius 3 is 2.74 bits per heavy atom. The molecular weight excluding hydrogens is 290 g/mol. The fourth-order valence-corrected chi connectivity index (χ4v) is 2.66. The number of carbonyl (C=O) groups excluding carboxylic acids is 1. The summed E-state index contributed by atoms with van der Waals surface area (Å²) in [6.45, 7) is 0.